The number of pyridine rings is 1. The van der Waals surface area contributed by atoms with Gasteiger partial charge in [0.15, 0.2) is 0 Å². The number of nitrogens with zero attached hydrogens (tertiary/aromatic N) is 3. The molecule has 1 fully saturated rings. The predicted octanol–water partition coefficient (Wildman–Crippen LogP) is 6.30. The number of aromatic nitrogens is 1. The van der Waals surface area contributed by atoms with Crippen LogP contribution in [-0.2, 0) is 27.9 Å². The number of benzene rings is 2. The molecule has 0 bridgehead atoms. The lowest BCUT2D eigenvalue weighted by molar-refractivity contribution is -0.133. The monoisotopic (exact) mass is 565 g/mol. The Kier molecular flexibility index (Phi) is 8.40. The van der Waals surface area contributed by atoms with E-state index in [1.165, 1.54) is 16.4 Å². The fourth-order valence-corrected chi connectivity index (χ4v) is 7.93. The van der Waals surface area contributed by atoms with Crippen molar-refractivity contribution in [1.82, 2.24) is 14.2 Å². The fourth-order valence-electron chi connectivity index (χ4n) is 5.21. The second kappa shape index (κ2) is 11.9. The molecule has 6 nitrogen and oxygen atoms in total. The number of carbonyl (C=O) groups is 1. The normalized spacial score (nSPS) is 14.6. The molecule has 1 amide bonds. The number of aryl methyl sites for hydroxylation is 1. The number of halogens is 1. The summed E-state index contributed by atoms with van der Waals surface area (Å²) in [5.41, 5.74) is 2.27. The highest BCUT2D eigenvalue weighted by atomic mass is 32.2. The molecule has 9 heteroatoms. The van der Waals surface area contributed by atoms with Gasteiger partial charge in [-0.25, -0.2) is 12.8 Å². The second-order valence-electron chi connectivity index (χ2n) is 10.1. The Morgan fingerprint density at radius 2 is 1.74 bits per heavy atom. The van der Waals surface area contributed by atoms with Crippen LogP contribution < -0.4 is 0 Å². The van der Waals surface area contributed by atoms with Gasteiger partial charge in [0.25, 0.3) is 0 Å². The first-order valence-electron chi connectivity index (χ1n) is 13.2. The number of hydrogen-bond acceptors (Lipinski definition) is 5. The average Bonchev–Trinajstić information content (AvgIpc) is 3.36. The fraction of sp³-hybridized carbons (Fsp3) is 0.333. The zero-order chi connectivity index (χ0) is 27.4. The number of carbonyl (C=O) groups excluding carboxylic acids is 1. The maximum absolute atomic E-state index is 14.2. The van der Waals surface area contributed by atoms with Gasteiger partial charge in [-0.2, -0.15) is 4.31 Å². The summed E-state index contributed by atoms with van der Waals surface area (Å²) in [6.07, 6.45) is 5.92. The van der Waals surface area contributed by atoms with Crippen molar-refractivity contribution in [2.24, 2.45) is 0 Å². The average molecular weight is 566 g/mol. The lowest BCUT2D eigenvalue weighted by Crippen LogP contribution is -2.47. The first-order chi connectivity index (χ1) is 18.8. The minimum atomic E-state index is -4.03. The summed E-state index contributed by atoms with van der Waals surface area (Å²) in [4.78, 5) is 21.2. The van der Waals surface area contributed by atoms with E-state index in [4.69, 9.17) is 0 Å². The van der Waals surface area contributed by atoms with Crippen LogP contribution in [0.1, 0.15) is 48.1 Å². The van der Waals surface area contributed by atoms with Crippen LogP contribution >= 0.6 is 11.3 Å². The molecule has 1 saturated carbocycles. The molecule has 2 heterocycles. The first kappa shape index (κ1) is 27.4. The van der Waals surface area contributed by atoms with E-state index < -0.39 is 10.0 Å². The zero-order valence-corrected chi connectivity index (χ0v) is 23.6. The summed E-state index contributed by atoms with van der Waals surface area (Å²) in [5, 5.41) is 2.72. The number of hydrogen-bond donors (Lipinski definition) is 0. The van der Waals surface area contributed by atoms with Crippen molar-refractivity contribution in [2.75, 3.05) is 6.54 Å². The Labute approximate surface area is 233 Å². The van der Waals surface area contributed by atoms with Gasteiger partial charge in [-0.15, -0.1) is 11.3 Å². The summed E-state index contributed by atoms with van der Waals surface area (Å²) in [7, 11) is -4.03. The van der Waals surface area contributed by atoms with E-state index in [0.29, 0.717) is 24.9 Å². The summed E-state index contributed by atoms with van der Waals surface area (Å²) < 4.78 is 43.5. The van der Waals surface area contributed by atoms with Gasteiger partial charge in [-0.1, -0.05) is 49.6 Å². The van der Waals surface area contributed by atoms with E-state index in [1.54, 1.807) is 52.8 Å². The summed E-state index contributed by atoms with van der Waals surface area (Å²) >= 11 is 1.57. The SMILES string of the molecule is Cc1ccsc1CN(Cc1ccc(F)cc1)C(=O)CN(C1CCCCC1)S(=O)(=O)c1cccc2cccnc12. The Morgan fingerprint density at radius 1 is 1.00 bits per heavy atom. The topological polar surface area (TPSA) is 70.6 Å². The maximum Gasteiger partial charge on any atom is 0.245 e. The van der Waals surface area contributed by atoms with E-state index in [1.807, 2.05) is 30.5 Å². The van der Waals surface area contributed by atoms with Gasteiger partial charge >= 0.3 is 0 Å². The van der Waals surface area contributed by atoms with E-state index >= 15 is 0 Å². The van der Waals surface area contributed by atoms with Crippen molar-refractivity contribution >= 4 is 38.2 Å². The molecular formula is C30H32FN3O3S2. The molecule has 0 unspecified atom stereocenters. The number of thiophene rings is 1. The van der Waals surface area contributed by atoms with E-state index in [9.17, 15) is 17.6 Å². The lowest BCUT2D eigenvalue weighted by atomic mass is 9.95. The third kappa shape index (κ3) is 6.21. The first-order valence-corrected chi connectivity index (χ1v) is 15.6. The molecule has 0 saturated heterocycles. The molecule has 4 aromatic rings. The third-order valence-electron chi connectivity index (χ3n) is 7.40. The number of rotatable bonds is 9. The largest absolute Gasteiger partial charge is 0.332 e. The minimum absolute atomic E-state index is 0.123. The van der Waals surface area contributed by atoms with Gasteiger partial charge in [0.2, 0.25) is 15.9 Å². The summed E-state index contributed by atoms with van der Waals surface area (Å²) in [5.74, 6) is -0.626. The minimum Gasteiger partial charge on any atom is -0.332 e. The van der Waals surface area contributed by atoms with Crippen LogP contribution in [0.5, 0.6) is 0 Å². The second-order valence-corrected chi connectivity index (χ2v) is 12.9. The van der Waals surface area contributed by atoms with Crippen molar-refractivity contribution in [3.8, 4) is 0 Å². The molecule has 2 aromatic heterocycles. The van der Waals surface area contributed by atoms with Crippen molar-refractivity contribution in [3.05, 3.63) is 94.1 Å². The standard InChI is InChI=1S/C30H32FN3O3S2/c1-22-16-18-38-27(22)20-33(19-23-12-14-25(31)15-13-23)29(35)21-34(26-9-3-2-4-10-26)39(36,37)28-11-5-7-24-8-6-17-32-30(24)28/h5-8,11-18,26H,2-4,9-10,19-21H2,1H3. The maximum atomic E-state index is 14.2. The van der Waals surface area contributed by atoms with Crippen LogP contribution in [0.15, 0.2) is 77.1 Å². The molecule has 0 radical (unpaired) electrons. The van der Waals surface area contributed by atoms with Gasteiger partial charge in [-0.05, 0) is 66.6 Å². The zero-order valence-electron chi connectivity index (χ0n) is 21.9. The quantitative estimate of drug-likeness (QED) is 0.239. The number of para-hydroxylation sites is 1. The van der Waals surface area contributed by atoms with Gasteiger partial charge in [-0.3, -0.25) is 9.78 Å². The van der Waals surface area contributed by atoms with Crippen molar-refractivity contribution in [2.45, 2.75) is 63.1 Å². The number of amides is 1. The molecule has 1 aliphatic carbocycles. The van der Waals surface area contributed by atoms with Crippen LogP contribution in [0.4, 0.5) is 4.39 Å². The van der Waals surface area contributed by atoms with Crippen molar-refractivity contribution < 1.29 is 17.6 Å². The van der Waals surface area contributed by atoms with Crippen molar-refractivity contribution in [3.63, 3.8) is 0 Å². The Morgan fingerprint density at radius 3 is 2.46 bits per heavy atom. The Balaban J connectivity index is 1.50. The van der Waals surface area contributed by atoms with Crippen LogP contribution in [-0.4, -0.2) is 41.1 Å². The van der Waals surface area contributed by atoms with Crippen LogP contribution in [0.3, 0.4) is 0 Å². The molecular weight excluding hydrogens is 533 g/mol. The van der Waals surface area contributed by atoms with Crippen molar-refractivity contribution in [1.29, 1.82) is 0 Å². The Hall–Kier alpha value is -3.14. The summed E-state index contributed by atoms with van der Waals surface area (Å²) in [6, 6.07) is 16.6. The van der Waals surface area contributed by atoms with Crippen LogP contribution in [0.2, 0.25) is 0 Å². The highest BCUT2D eigenvalue weighted by Crippen LogP contribution is 2.31. The van der Waals surface area contributed by atoms with Gasteiger partial charge in [0.1, 0.15) is 10.7 Å². The smallest absolute Gasteiger partial charge is 0.245 e. The van der Waals surface area contributed by atoms with Crippen LogP contribution in [0.25, 0.3) is 10.9 Å². The highest BCUT2D eigenvalue weighted by Gasteiger charge is 2.36. The predicted molar refractivity (Wildman–Crippen MR) is 152 cm³/mol. The lowest BCUT2D eigenvalue weighted by Gasteiger charge is -2.34. The molecule has 2 aromatic carbocycles. The molecule has 5 rings (SSSR count). The van der Waals surface area contributed by atoms with E-state index in [-0.39, 0.29) is 35.8 Å². The highest BCUT2D eigenvalue weighted by molar-refractivity contribution is 7.89. The van der Waals surface area contributed by atoms with Crippen LogP contribution in [0, 0.1) is 12.7 Å². The molecule has 0 atom stereocenters. The third-order valence-corrected chi connectivity index (χ3v) is 10.3. The molecule has 1 aliphatic rings. The number of fused-ring (bicyclic) bond motifs is 1. The molecule has 0 N–H and O–H groups in total. The molecule has 39 heavy (non-hydrogen) atoms. The molecule has 0 spiro atoms. The van der Waals surface area contributed by atoms with E-state index in [2.05, 4.69) is 4.98 Å². The number of sulfonamides is 1. The van der Waals surface area contributed by atoms with Gasteiger partial charge < -0.3 is 4.90 Å². The summed E-state index contributed by atoms with van der Waals surface area (Å²) in [6.45, 7) is 2.35. The van der Waals surface area contributed by atoms with Gasteiger partial charge in [0.05, 0.1) is 18.6 Å². The van der Waals surface area contributed by atoms with Gasteiger partial charge in [0, 0.05) is 29.0 Å². The molecule has 204 valence electrons. The van der Waals surface area contributed by atoms with E-state index in [0.717, 1.165) is 40.7 Å². The Bertz CT molecular complexity index is 1540. The molecule has 0 aliphatic heterocycles.